The molecule has 20 heavy (non-hydrogen) atoms. The lowest BCUT2D eigenvalue weighted by molar-refractivity contribution is 0.0709. The Morgan fingerprint density at radius 1 is 1.00 bits per heavy atom. The van der Waals surface area contributed by atoms with Crippen LogP contribution in [0.4, 0.5) is 0 Å². The maximum atomic E-state index is 9.38. The molecule has 0 unspecified atom stereocenters. The third-order valence-corrected chi connectivity index (χ3v) is 5.62. The van der Waals surface area contributed by atoms with Gasteiger partial charge in [0.05, 0.1) is 11.8 Å². The number of piperidine rings is 1. The van der Waals surface area contributed by atoms with Crippen LogP contribution in [-0.4, -0.2) is 35.0 Å². The van der Waals surface area contributed by atoms with Gasteiger partial charge in [-0.05, 0) is 56.9 Å². The molecule has 3 heteroatoms. The largest absolute Gasteiger partial charge is 0.411 e. The minimum Gasteiger partial charge on any atom is -0.411 e. The fourth-order valence-corrected chi connectivity index (χ4v) is 4.48. The van der Waals surface area contributed by atoms with Crippen molar-refractivity contribution >= 4 is 5.71 Å². The van der Waals surface area contributed by atoms with Crippen LogP contribution >= 0.6 is 0 Å². The monoisotopic (exact) mass is 276 g/mol. The second-order valence-corrected chi connectivity index (χ2v) is 6.78. The van der Waals surface area contributed by atoms with Crippen LogP contribution in [0.15, 0.2) is 17.3 Å². The second kappa shape index (κ2) is 6.75. The highest BCUT2D eigenvalue weighted by atomic mass is 16.4. The molecule has 0 spiro atoms. The average molecular weight is 276 g/mol. The molecule has 0 aromatic rings. The van der Waals surface area contributed by atoms with Gasteiger partial charge in [0.2, 0.25) is 0 Å². The molecule has 0 bridgehead atoms. The Bertz CT molecular complexity index is 377. The molecule has 0 radical (unpaired) electrons. The van der Waals surface area contributed by atoms with Gasteiger partial charge in [0.15, 0.2) is 0 Å². The zero-order chi connectivity index (χ0) is 13.8. The van der Waals surface area contributed by atoms with Crippen LogP contribution in [0.5, 0.6) is 0 Å². The molecule has 0 amide bonds. The Kier molecular flexibility index (Phi) is 4.77. The summed E-state index contributed by atoms with van der Waals surface area (Å²) in [5, 5.41) is 13.0. The maximum Gasteiger partial charge on any atom is 0.0745 e. The number of fused-ring (bicyclic) bond motifs is 1. The number of likely N-dealkylation sites (tertiary alicyclic amines) is 1. The summed E-state index contributed by atoms with van der Waals surface area (Å²) in [7, 11) is 0. The first-order valence-corrected chi connectivity index (χ1v) is 8.48. The minimum atomic E-state index is 0.382. The van der Waals surface area contributed by atoms with E-state index in [2.05, 4.69) is 22.2 Å². The zero-order valence-electron chi connectivity index (χ0n) is 12.5. The van der Waals surface area contributed by atoms with Crippen LogP contribution in [0.2, 0.25) is 0 Å². The zero-order valence-corrected chi connectivity index (χ0v) is 12.5. The molecule has 2 fully saturated rings. The van der Waals surface area contributed by atoms with E-state index < -0.39 is 0 Å². The number of hydrogen-bond donors (Lipinski definition) is 1. The molecular weight excluding hydrogens is 248 g/mol. The summed E-state index contributed by atoms with van der Waals surface area (Å²) in [6, 6.07) is 0.382. The summed E-state index contributed by atoms with van der Waals surface area (Å²) >= 11 is 0. The van der Waals surface area contributed by atoms with Crippen molar-refractivity contribution in [1.82, 2.24) is 4.90 Å². The van der Waals surface area contributed by atoms with E-state index in [0.29, 0.717) is 6.04 Å². The van der Waals surface area contributed by atoms with Gasteiger partial charge in [-0.15, -0.1) is 0 Å². The summed E-state index contributed by atoms with van der Waals surface area (Å²) in [6.45, 7) is 2.44. The maximum absolute atomic E-state index is 9.38. The van der Waals surface area contributed by atoms with Gasteiger partial charge in [0.1, 0.15) is 0 Å². The van der Waals surface area contributed by atoms with Crippen LogP contribution in [0.1, 0.15) is 57.8 Å². The van der Waals surface area contributed by atoms with Gasteiger partial charge in [0, 0.05) is 6.54 Å². The van der Waals surface area contributed by atoms with E-state index in [0.717, 1.165) is 43.2 Å². The predicted octanol–water partition coefficient (Wildman–Crippen LogP) is 3.83. The third-order valence-electron chi connectivity index (χ3n) is 5.62. The van der Waals surface area contributed by atoms with Crippen LogP contribution in [0.3, 0.4) is 0 Å². The normalized spacial score (nSPS) is 38.2. The van der Waals surface area contributed by atoms with Crippen molar-refractivity contribution in [2.24, 2.45) is 17.0 Å². The van der Waals surface area contributed by atoms with Crippen LogP contribution < -0.4 is 0 Å². The Labute approximate surface area is 122 Å². The lowest BCUT2D eigenvalue weighted by Crippen LogP contribution is -2.49. The molecular formula is C17H28N2O. The van der Waals surface area contributed by atoms with E-state index in [4.69, 9.17) is 0 Å². The number of hydrogen-bond acceptors (Lipinski definition) is 3. The van der Waals surface area contributed by atoms with Gasteiger partial charge < -0.3 is 5.21 Å². The first-order valence-electron chi connectivity index (χ1n) is 8.48. The van der Waals surface area contributed by atoms with Gasteiger partial charge in [-0.1, -0.05) is 36.6 Å². The van der Waals surface area contributed by atoms with Crippen molar-refractivity contribution < 1.29 is 5.21 Å². The molecule has 3 atom stereocenters. The Morgan fingerprint density at radius 2 is 1.80 bits per heavy atom. The smallest absolute Gasteiger partial charge is 0.0745 e. The summed E-state index contributed by atoms with van der Waals surface area (Å²) < 4.78 is 0. The van der Waals surface area contributed by atoms with Crippen molar-refractivity contribution in [2.45, 2.75) is 63.8 Å². The highest BCUT2D eigenvalue weighted by molar-refractivity contribution is 5.89. The van der Waals surface area contributed by atoms with E-state index in [1.54, 1.807) is 0 Å². The third kappa shape index (κ3) is 3.08. The number of allylic oxidation sites excluding steroid dienone is 2. The number of rotatable bonds is 1. The molecule has 1 aliphatic heterocycles. The standard InChI is InChI=1S/C17H28N2O/c20-18-16-9-3-1-2-4-10-17(16)19-12-11-14-7-5-6-8-15(14)13-19/h1-2,14-15,17,20H,3-13H2/b2-1?,18-16-/t14-,15+,17+/m1/s1. The first kappa shape index (κ1) is 14.1. The summed E-state index contributed by atoms with van der Waals surface area (Å²) in [6.07, 6.45) is 15.8. The van der Waals surface area contributed by atoms with Gasteiger partial charge >= 0.3 is 0 Å². The fourth-order valence-electron chi connectivity index (χ4n) is 4.48. The quantitative estimate of drug-likeness (QED) is 0.449. The molecule has 112 valence electrons. The summed E-state index contributed by atoms with van der Waals surface area (Å²) in [5.41, 5.74) is 1.02. The fraction of sp³-hybridized carbons (Fsp3) is 0.824. The molecule has 0 aromatic carbocycles. The lowest BCUT2D eigenvalue weighted by atomic mass is 9.74. The molecule has 1 saturated heterocycles. The first-order chi connectivity index (χ1) is 9.88. The van der Waals surface area contributed by atoms with Gasteiger partial charge in [-0.25, -0.2) is 0 Å². The SMILES string of the molecule is O/N=C1/CCC=CCC[C@@H]1N1CC[C@H]2CCCC[C@H]2C1. The Morgan fingerprint density at radius 3 is 2.65 bits per heavy atom. The highest BCUT2D eigenvalue weighted by Gasteiger charge is 2.35. The lowest BCUT2D eigenvalue weighted by Gasteiger charge is -2.44. The Hall–Kier alpha value is -0.830. The van der Waals surface area contributed by atoms with E-state index in [1.165, 1.54) is 45.2 Å². The second-order valence-electron chi connectivity index (χ2n) is 6.78. The number of nitrogens with zero attached hydrogens (tertiary/aromatic N) is 2. The van der Waals surface area contributed by atoms with Gasteiger partial charge in [0.25, 0.3) is 0 Å². The van der Waals surface area contributed by atoms with Crippen molar-refractivity contribution in [3.63, 3.8) is 0 Å². The van der Waals surface area contributed by atoms with Crippen molar-refractivity contribution in [3.05, 3.63) is 12.2 Å². The Balaban J connectivity index is 1.68. The summed E-state index contributed by atoms with van der Waals surface area (Å²) in [4.78, 5) is 2.63. The van der Waals surface area contributed by atoms with Gasteiger partial charge in [-0.3, -0.25) is 4.90 Å². The van der Waals surface area contributed by atoms with Crippen LogP contribution in [0, 0.1) is 11.8 Å². The van der Waals surface area contributed by atoms with E-state index in [9.17, 15) is 5.21 Å². The van der Waals surface area contributed by atoms with E-state index in [-0.39, 0.29) is 0 Å². The van der Waals surface area contributed by atoms with Crippen molar-refractivity contribution in [3.8, 4) is 0 Å². The molecule has 3 rings (SSSR count). The highest BCUT2D eigenvalue weighted by Crippen LogP contribution is 2.37. The van der Waals surface area contributed by atoms with E-state index >= 15 is 0 Å². The topological polar surface area (TPSA) is 35.8 Å². The molecule has 3 aliphatic rings. The predicted molar refractivity (Wildman–Crippen MR) is 82.3 cm³/mol. The molecule has 1 N–H and O–H groups in total. The molecule has 1 heterocycles. The van der Waals surface area contributed by atoms with Crippen molar-refractivity contribution in [1.29, 1.82) is 0 Å². The summed E-state index contributed by atoms with van der Waals surface area (Å²) in [5.74, 6) is 1.88. The molecule has 1 saturated carbocycles. The van der Waals surface area contributed by atoms with Crippen LogP contribution in [0.25, 0.3) is 0 Å². The van der Waals surface area contributed by atoms with Crippen molar-refractivity contribution in [2.75, 3.05) is 13.1 Å². The average Bonchev–Trinajstić information content (AvgIpc) is 2.47. The number of oxime groups is 1. The molecule has 0 aromatic heterocycles. The van der Waals surface area contributed by atoms with Gasteiger partial charge in [-0.2, -0.15) is 0 Å². The molecule has 2 aliphatic carbocycles. The van der Waals surface area contributed by atoms with E-state index in [1.807, 2.05) is 0 Å². The minimum absolute atomic E-state index is 0.382. The molecule has 3 nitrogen and oxygen atoms in total. The van der Waals surface area contributed by atoms with Crippen LogP contribution in [-0.2, 0) is 0 Å².